The van der Waals surface area contributed by atoms with Gasteiger partial charge in [-0.1, -0.05) is 50.6 Å². The molecule has 0 aliphatic carbocycles. The average Bonchev–Trinajstić information content (AvgIpc) is 2.87. The summed E-state index contributed by atoms with van der Waals surface area (Å²) in [5.41, 5.74) is 11.8. The molecule has 38 heavy (non-hydrogen) atoms. The summed E-state index contributed by atoms with van der Waals surface area (Å²) in [7, 11) is 0. The van der Waals surface area contributed by atoms with Gasteiger partial charge in [0.1, 0.15) is 18.1 Å². The molecule has 0 saturated heterocycles. The van der Waals surface area contributed by atoms with Crippen LogP contribution in [0, 0.1) is 5.92 Å². The molecule has 4 amide bonds. The third kappa shape index (κ3) is 11.4. The summed E-state index contributed by atoms with van der Waals surface area (Å²) in [5.74, 6) is -5.94. The molecule has 5 unspecified atom stereocenters. The third-order valence-corrected chi connectivity index (χ3v) is 6.05. The lowest BCUT2D eigenvalue weighted by atomic mass is 9.98. The molecule has 0 fully saturated rings. The fourth-order valence-corrected chi connectivity index (χ4v) is 3.47. The van der Waals surface area contributed by atoms with Crippen LogP contribution in [0.4, 0.5) is 0 Å². The van der Waals surface area contributed by atoms with Gasteiger partial charge in [-0.05, 0) is 24.3 Å². The maximum atomic E-state index is 13.1. The molecular formula is C25H37N5O8. The molecule has 9 N–H and O–H groups in total. The Kier molecular flexibility index (Phi) is 13.5. The minimum Gasteiger partial charge on any atom is -0.481 e. The van der Waals surface area contributed by atoms with Crippen molar-refractivity contribution in [1.82, 2.24) is 16.0 Å². The van der Waals surface area contributed by atoms with Gasteiger partial charge in [0.2, 0.25) is 23.6 Å². The van der Waals surface area contributed by atoms with Crippen LogP contribution in [0.3, 0.4) is 0 Å². The lowest BCUT2D eigenvalue weighted by Crippen LogP contribution is -2.58. The molecule has 1 rings (SSSR count). The van der Waals surface area contributed by atoms with Crippen LogP contribution in [0.15, 0.2) is 30.3 Å². The van der Waals surface area contributed by atoms with Gasteiger partial charge in [0.25, 0.3) is 0 Å². The van der Waals surface area contributed by atoms with Gasteiger partial charge < -0.3 is 37.6 Å². The molecule has 1 aromatic carbocycles. The highest BCUT2D eigenvalue weighted by Gasteiger charge is 2.31. The zero-order valence-electron chi connectivity index (χ0n) is 21.5. The van der Waals surface area contributed by atoms with Crippen molar-refractivity contribution in [2.45, 2.75) is 76.5 Å². The number of nitrogens with one attached hydrogen (secondary N) is 3. The van der Waals surface area contributed by atoms with Gasteiger partial charge in [-0.15, -0.1) is 0 Å². The average molecular weight is 536 g/mol. The van der Waals surface area contributed by atoms with Gasteiger partial charge in [-0.2, -0.15) is 0 Å². The molecule has 1 aromatic rings. The first-order chi connectivity index (χ1) is 17.8. The van der Waals surface area contributed by atoms with E-state index in [-0.39, 0.29) is 31.6 Å². The minimum absolute atomic E-state index is 0.0493. The second kappa shape index (κ2) is 16.0. The van der Waals surface area contributed by atoms with Crippen molar-refractivity contribution in [1.29, 1.82) is 0 Å². The van der Waals surface area contributed by atoms with Crippen molar-refractivity contribution >= 4 is 35.6 Å². The van der Waals surface area contributed by atoms with Crippen molar-refractivity contribution in [3.63, 3.8) is 0 Å². The fraction of sp³-hybridized carbons (Fsp3) is 0.520. The van der Waals surface area contributed by atoms with E-state index in [0.29, 0.717) is 12.0 Å². The van der Waals surface area contributed by atoms with Gasteiger partial charge in [-0.3, -0.25) is 24.0 Å². The molecule has 0 saturated carbocycles. The molecule has 0 heterocycles. The molecule has 13 nitrogen and oxygen atoms in total. The van der Waals surface area contributed by atoms with E-state index in [4.69, 9.17) is 16.6 Å². The summed E-state index contributed by atoms with van der Waals surface area (Å²) in [6.07, 6.45) is -0.774. The molecule has 0 aromatic heterocycles. The van der Waals surface area contributed by atoms with Gasteiger partial charge in [0, 0.05) is 19.3 Å². The van der Waals surface area contributed by atoms with E-state index >= 15 is 0 Å². The smallest absolute Gasteiger partial charge is 0.326 e. The van der Waals surface area contributed by atoms with Crippen LogP contribution in [-0.4, -0.2) is 69.9 Å². The summed E-state index contributed by atoms with van der Waals surface area (Å²) in [5, 5.41) is 25.9. The highest BCUT2D eigenvalue weighted by atomic mass is 16.4. The standard InChI is InChI=1S/C25H37N5O8/c1-3-14(2)21(27)24(36)29-16(9-11-19(26)31)22(34)28-17(10-12-20(32)33)23(35)30-18(25(37)38)13-15-7-5-4-6-8-15/h4-8,14,16-18,21H,3,9-13,27H2,1-2H3,(H2,26,31)(H,28,34)(H,29,36)(H,30,35)(H,32,33)(H,37,38). The maximum absolute atomic E-state index is 13.1. The van der Waals surface area contributed by atoms with Gasteiger partial charge in [-0.25, -0.2) is 4.79 Å². The molecule has 0 radical (unpaired) electrons. The Labute approximate surface area is 220 Å². The number of rotatable bonds is 17. The monoisotopic (exact) mass is 535 g/mol. The zero-order valence-corrected chi connectivity index (χ0v) is 21.5. The predicted octanol–water partition coefficient (Wildman–Crippen LogP) is -0.728. The summed E-state index contributed by atoms with van der Waals surface area (Å²) >= 11 is 0. The maximum Gasteiger partial charge on any atom is 0.326 e. The third-order valence-electron chi connectivity index (χ3n) is 6.05. The number of nitrogens with two attached hydrogens (primary N) is 2. The van der Waals surface area contributed by atoms with E-state index in [1.54, 1.807) is 37.3 Å². The van der Waals surface area contributed by atoms with Crippen LogP contribution in [0.1, 0.15) is 51.5 Å². The molecular weight excluding hydrogens is 498 g/mol. The van der Waals surface area contributed by atoms with Crippen LogP contribution in [-0.2, 0) is 35.2 Å². The summed E-state index contributed by atoms with van der Waals surface area (Å²) in [4.78, 5) is 72.8. The number of hydrogen-bond acceptors (Lipinski definition) is 7. The van der Waals surface area contributed by atoms with Crippen molar-refractivity contribution < 1.29 is 39.0 Å². The number of primary amides is 1. The molecule has 0 bridgehead atoms. The quantitative estimate of drug-likeness (QED) is 0.133. The Bertz CT molecular complexity index is 987. The number of hydrogen-bond donors (Lipinski definition) is 7. The van der Waals surface area contributed by atoms with Gasteiger partial charge >= 0.3 is 11.9 Å². The van der Waals surface area contributed by atoms with Crippen molar-refractivity contribution in [2.24, 2.45) is 17.4 Å². The zero-order chi connectivity index (χ0) is 28.8. The topological polar surface area (TPSA) is 231 Å². The van der Waals surface area contributed by atoms with Crippen LogP contribution in [0.2, 0.25) is 0 Å². The highest BCUT2D eigenvalue weighted by Crippen LogP contribution is 2.09. The molecule has 13 heteroatoms. The van der Waals surface area contributed by atoms with E-state index in [1.807, 2.05) is 6.92 Å². The fourth-order valence-electron chi connectivity index (χ4n) is 3.47. The highest BCUT2D eigenvalue weighted by molar-refractivity contribution is 5.94. The Morgan fingerprint density at radius 3 is 1.79 bits per heavy atom. The van der Waals surface area contributed by atoms with Gasteiger partial charge in [0.05, 0.1) is 6.04 Å². The number of carboxylic acid groups (broad SMARTS) is 2. The van der Waals surface area contributed by atoms with Crippen LogP contribution in [0.25, 0.3) is 0 Å². The first-order valence-electron chi connectivity index (χ1n) is 12.3. The van der Waals surface area contributed by atoms with Crippen LogP contribution in [0.5, 0.6) is 0 Å². The Morgan fingerprint density at radius 1 is 0.816 bits per heavy atom. The summed E-state index contributed by atoms with van der Waals surface area (Å²) < 4.78 is 0. The molecule has 0 spiro atoms. The van der Waals surface area contributed by atoms with Crippen molar-refractivity contribution in [3.8, 4) is 0 Å². The van der Waals surface area contributed by atoms with Crippen LogP contribution < -0.4 is 27.4 Å². The number of amides is 4. The Hall–Kier alpha value is -4.00. The largest absolute Gasteiger partial charge is 0.481 e. The lowest BCUT2D eigenvalue weighted by molar-refractivity contribution is -0.143. The van der Waals surface area contributed by atoms with Crippen molar-refractivity contribution in [3.05, 3.63) is 35.9 Å². The van der Waals surface area contributed by atoms with E-state index in [1.165, 1.54) is 0 Å². The normalized spacial score (nSPS) is 14.7. The van der Waals surface area contributed by atoms with Crippen molar-refractivity contribution in [2.75, 3.05) is 0 Å². The van der Waals surface area contributed by atoms with E-state index < -0.39 is 66.2 Å². The van der Waals surface area contributed by atoms with Gasteiger partial charge in [0.15, 0.2) is 0 Å². The first-order valence-corrected chi connectivity index (χ1v) is 12.3. The first kappa shape index (κ1) is 32.0. The van der Waals surface area contributed by atoms with E-state index in [9.17, 15) is 33.9 Å². The second-order valence-electron chi connectivity index (χ2n) is 9.06. The minimum atomic E-state index is -1.44. The number of aliphatic carboxylic acids is 2. The van der Waals surface area contributed by atoms with E-state index in [0.717, 1.165) is 0 Å². The number of benzene rings is 1. The molecule has 210 valence electrons. The van der Waals surface area contributed by atoms with E-state index in [2.05, 4.69) is 16.0 Å². The molecule has 5 atom stereocenters. The number of carbonyl (C=O) groups is 6. The number of carbonyl (C=O) groups excluding carboxylic acids is 4. The second-order valence-corrected chi connectivity index (χ2v) is 9.06. The summed E-state index contributed by atoms with van der Waals surface area (Å²) in [6, 6.07) is 3.50. The van der Waals surface area contributed by atoms with Crippen LogP contribution >= 0.6 is 0 Å². The molecule has 0 aliphatic rings. The molecule has 0 aliphatic heterocycles. The Balaban J connectivity index is 3.08. The summed E-state index contributed by atoms with van der Waals surface area (Å²) in [6.45, 7) is 3.59. The lowest BCUT2D eigenvalue weighted by Gasteiger charge is -2.26. The predicted molar refractivity (Wildman–Crippen MR) is 136 cm³/mol. The number of carboxylic acids is 2. The SMILES string of the molecule is CCC(C)C(N)C(=O)NC(CCC(N)=O)C(=O)NC(CCC(=O)O)C(=O)NC(Cc1ccccc1)C(=O)O. The Morgan fingerprint density at radius 2 is 1.32 bits per heavy atom.